The molecule has 0 fully saturated rings. The summed E-state index contributed by atoms with van der Waals surface area (Å²) in [5.41, 5.74) is 8.49. The maximum absolute atomic E-state index is 5.94. The lowest BCUT2D eigenvalue weighted by Crippen LogP contribution is -2.33. The third kappa shape index (κ3) is 9.15. The Morgan fingerprint density at radius 1 is 1.17 bits per heavy atom. The summed E-state index contributed by atoms with van der Waals surface area (Å²) in [6, 6.07) is 8.98. The number of hydrogen-bond donors (Lipinski definition) is 2. The van der Waals surface area contributed by atoms with Crippen molar-refractivity contribution >= 4 is 29.9 Å². The Balaban J connectivity index is 0.00000484. The van der Waals surface area contributed by atoms with Crippen molar-refractivity contribution in [3.63, 3.8) is 0 Å². The summed E-state index contributed by atoms with van der Waals surface area (Å²) in [5.74, 6) is 1.21. The highest BCUT2D eigenvalue weighted by atomic mass is 127. The number of benzene rings is 1. The van der Waals surface area contributed by atoms with Crippen molar-refractivity contribution in [3.05, 3.63) is 35.4 Å². The summed E-state index contributed by atoms with van der Waals surface area (Å²) >= 11 is 0. The number of nitrogens with zero attached hydrogens (tertiary/aromatic N) is 2. The molecule has 0 heterocycles. The molecule has 5 heteroatoms. The Hall–Kier alpha value is -0.820. The van der Waals surface area contributed by atoms with E-state index in [1.165, 1.54) is 11.1 Å². The molecule has 0 aliphatic carbocycles. The zero-order valence-corrected chi connectivity index (χ0v) is 17.5. The van der Waals surface area contributed by atoms with Crippen LogP contribution in [0.4, 0.5) is 0 Å². The van der Waals surface area contributed by atoms with E-state index in [-0.39, 0.29) is 24.0 Å². The van der Waals surface area contributed by atoms with E-state index in [4.69, 9.17) is 5.73 Å². The number of rotatable bonds is 8. The molecule has 0 aliphatic rings. The van der Waals surface area contributed by atoms with Crippen LogP contribution in [0.3, 0.4) is 0 Å². The molecule has 1 aromatic rings. The van der Waals surface area contributed by atoms with Crippen LogP contribution < -0.4 is 11.1 Å². The van der Waals surface area contributed by atoms with Gasteiger partial charge in [-0.2, -0.15) is 0 Å². The third-order valence-electron chi connectivity index (χ3n) is 3.87. The zero-order valence-electron chi connectivity index (χ0n) is 15.2. The maximum atomic E-state index is 5.94. The molecule has 1 aromatic carbocycles. The first-order valence-electron chi connectivity index (χ1n) is 8.21. The minimum absolute atomic E-state index is 0. The second kappa shape index (κ2) is 11.7. The SMILES string of the molecule is CC(C)CCNC(N)=NCc1ccccc1CN(C)C(C)C.I. The van der Waals surface area contributed by atoms with Crippen LogP contribution >= 0.6 is 24.0 Å². The molecular formula is C18H33IN4. The fourth-order valence-electron chi connectivity index (χ4n) is 2.03. The van der Waals surface area contributed by atoms with E-state index in [0.29, 0.717) is 24.5 Å². The van der Waals surface area contributed by atoms with Crippen molar-refractivity contribution < 1.29 is 0 Å². The van der Waals surface area contributed by atoms with Gasteiger partial charge in [0.25, 0.3) is 0 Å². The quantitative estimate of drug-likeness (QED) is 0.375. The first kappa shape index (κ1) is 22.2. The van der Waals surface area contributed by atoms with Gasteiger partial charge in [0, 0.05) is 19.1 Å². The summed E-state index contributed by atoms with van der Waals surface area (Å²) in [7, 11) is 2.15. The first-order valence-corrected chi connectivity index (χ1v) is 8.21. The van der Waals surface area contributed by atoms with Gasteiger partial charge in [-0.1, -0.05) is 38.1 Å². The second-order valence-electron chi connectivity index (χ2n) is 6.59. The first-order chi connectivity index (χ1) is 10.4. The van der Waals surface area contributed by atoms with Crippen molar-refractivity contribution in [1.29, 1.82) is 0 Å². The Kier molecular flexibility index (Phi) is 11.3. The lowest BCUT2D eigenvalue weighted by Gasteiger charge is -2.22. The van der Waals surface area contributed by atoms with Crippen LogP contribution in [-0.4, -0.2) is 30.5 Å². The standard InChI is InChI=1S/C18H32N4.HI/c1-14(2)10-11-20-18(19)21-12-16-8-6-7-9-17(16)13-22(5)15(3)4;/h6-9,14-15H,10-13H2,1-5H3,(H3,19,20,21);1H. The third-order valence-corrected chi connectivity index (χ3v) is 3.87. The van der Waals surface area contributed by atoms with Crippen molar-refractivity contribution in [2.75, 3.05) is 13.6 Å². The minimum atomic E-state index is 0. The minimum Gasteiger partial charge on any atom is -0.370 e. The normalized spacial score (nSPS) is 11.9. The van der Waals surface area contributed by atoms with Crippen LogP contribution in [0.5, 0.6) is 0 Å². The predicted octanol–water partition coefficient (Wildman–Crippen LogP) is 3.60. The van der Waals surface area contributed by atoms with Gasteiger partial charge in [-0.15, -0.1) is 24.0 Å². The van der Waals surface area contributed by atoms with Crippen LogP contribution in [-0.2, 0) is 13.1 Å². The predicted molar refractivity (Wildman–Crippen MR) is 111 cm³/mol. The van der Waals surface area contributed by atoms with Gasteiger partial charge in [0.2, 0.25) is 0 Å². The Morgan fingerprint density at radius 3 is 2.35 bits per heavy atom. The molecule has 0 aliphatic heterocycles. The highest BCUT2D eigenvalue weighted by molar-refractivity contribution is 14.0. The summed E-state index contributed by atoms with van der Waals surface area (Å²) in [6.45, 7) is 11.3. The van der Waals surface area contributed by atoms with Crippen LogP contribution in [0.25, 0.3) is 0 Å². The molecule has 0 unspecified atom stereocenters. The number of guanidine groups is 1. The molecule has 1 rings (SSSR count). The molecule has 0 saturated heterocycles. The number of hydrogen-bond acceptors (Lipinski definition) is 2. The average molecular weight is 432 g/mol. The highest BCUT2D eigenvalue weighted by Gasteiger charge is 2.07. The molecule has 0 radical (unpaired) electrons. The van der Waals surface area contributed by atoms with E-state index in [9.17, 15) is 0 Å². The molecule has 0 saturated carbocycles. The van der Waals surface area contributed by atoms with Gasteiger partial charge >= 0.3 is 0 Å². The maximum Gasteiger partial charge on any atom is 0.188 e. The van der Waals surface area contributed by atoms with Gasteiger partial charge in [-0.05, 0) is 44.4 Å². The van der Waals surface area contributed by atoms with Crippen LogP contribution in [0.1, 0.15) is 45.2 Å². The molecule has 0 amide bonds. The van der Waals surface area contributed by atoms with E-state index in [1.54, 1.807) is 0 Å². The van der Waals surface area contributed by atoms with E-state index >= 15 is 0 Å². The molecule has 4 nitrogen and oxygen atoms in total. The lowest BCUT2D eigenvalue weighted by atomic mass is 10.1. The van der Waals surface area contributed by atoms with Crippen molar-refractivity contribution in [2.45, 2.75) is 53.2 Å². The van der Waals surface area contributed by atoms with Crippen molar-refractivity contribution in [1.82, 2.24) is 10.2 Å². The smallest absolute Gasteiger partial charge is 0.188 e. The van der Waals surface area contributed by atoms with Crippen LogP contribution in [0.2, 0.25) is 0 Å². The molecule has 3 N–H and O–H groups in total. The molecule has 23 heavy (non-hydrogen) atoms. The van der Waals surface area contributed by atoms with E-state index in [0.717, 1.165) is 19.5 Å². The lowest BCUT2D eigenvalue weighted by molar-refractivity contribution is 0.265. The number of aliphatic imine (C=N–C) groups is 1. The summed E-state index contributed by atoms with van der Waals surface area (Å²) in [4.78, 5) is 6.80. The van der Waals surface area contributed by atoms with Gasteiger partial charge in [0.1, 0.15) is 0 Å². The summed E-state index contributed by atoms with van der Waals surface area (Å²) in [6.07, 6.45) is 1.10. The molecule has 0 aromatic heterocycles. The van der Waals surface area contributed by atoms with E-state index in [1.807, 2.05) is 0 Å². The van der Waals surface area contributed by atoms with E-state index in [2.05, 4.69) is 74.2 Å². The Labute approximate surface area is 158 Å². The van der Waals surface area contributed by atoms with Gasteiger partial charge in [-0.3, -0.25) is 4.90 Å². The molecule has 132 valence electrons. The number of nitrogens with one attached hydrogen (secondary N) is 1. The molecule has 0 spiro atoms. The molecule has 0 atom stereocenters. The monoisotopic (exact) mass is 432 g/mol. The molecular weight excluding hydrogens is 399 g/mol. The Bertz CT molecular complexity index is 472. The highest BCUT2D eigenvalue weighted by Crippen LogP contribution is 2.13. The fraction of sp³-hybridized carbons (Fsp3) is 0.611. The van der Waals surface area contributed by atoms with Crippen molar-refractivity contribution in [3.8, 4) is 0 Å². The summed E-state index contributed by atoms with van der Waals surface area (Å²) < 4.78 is 0. The van der Waals surface area contributed by atoms with Crippen LogP contribution in [0, 0.1) is 5.92 Å². The largest absolute Gasteiger partial charge is 0.370 e. The zero-order chi connectivity index (χ0) is 16.5. The topological polar surface area (TPSA) is 53.6 Å². The summed E-state index contributed by atoms with van der Waals surface area (Å²) in [5, 5.41) is 3.18. The van der Waals surface area contributed by atoms with Crippen LogP contribution in [0.15, 0.2) is 29.3 Å². The van der Waals surface area contributed by atoms with Gasteiger partial charge in [-0.25, -0.2) is 4.99 Å². The van der Waals surface area contributed by atoms with Gasteiger partial charge in [0.05, 0.1) is 6.54 Å². The van der Waals surface area contributed by atoms with Crippen molar-refractivity contribution in [2.24, 2.45) is 16.6 Å². The van der Waals surface area contributed by atoms with Gasteiger partial charge in [0.15, 0.2) is 5.96 Å². The number of nitrogens with two attached hydrogens (primary N) is 1. The fourth-order valence-corrected chi connectivity index (χ4v) is 2.03. The van der Waals surface area contributed by atoms with E-state index < -0.39 is 0 Å². The Morgan fingerprint density at radius 2 is 1.78 bits per heavy atom. The second-order valence-corrected chi connectivity index (χ2v) is 6.59. The van der Waals surface area contributed by atoms with Gasteiger partial charge < -0.3 is 11.1 Å². The average Bonchev–Trinajstić information content (AvgIpc) is 2.45. The number of halogens is 1. The molecule has 0 bridgehead atoms.